The molecule has 0 aromatic carbocycles. The maximum absolute atomic E-state index is 6.09. The minimum Gasteiger partial charge on any atom is -0.380 e. The lowest BCUT2D eigenvalue weighted by molar-refractivity contribution is 0.112. The molecule has 0 amide bonds. The van der Waals surface area contributed by atoms with Gasteiger partial charge in [-0.25, -0.2) is 0 Å². The molecule has 1 aliphatic rings. The van der Waals surface area contributed by atoms with Crippen LogP contribution in [0, 0.1) is 5.92 Å². The SMILES string of the molecule is CCOCCN(CC)CCC1CCCC1N. The lowest BCUT2D eigenvalue weighted by atomic mass is 10.00. The van der Waals surface area contributed by atoms with Crippen molar-refractivity contribution in [3.8, 4) is 0 Å². The Kier molecular flexibility index (Phi) is 7.01. The summed E-state index contributed by atoms with van der Waals surface area (Å²) < 4.78 is 5.39. The van der Waals surface area contributed by atoms with Gasteiger partial charge in [-0.1, -0.05) is 13.3 Å². The zero-order valence-electron chi connectivity index (χ0n) is 11.0. The molecule has 2 unspecified atom stereocenters. The van der Waals surface area contributed by atoms with Crippen molar-refractivity contribution in [2.45, 2.75) is 45.6 Å². The van der Waals surface area contributed by atoms with Crippen molar-refractivity contribution in [2.75, 3.05) is 32.8 Å². The summed E-state index contributed by atoms with van der Waals surface area (Å²) in [6.07, 6.45) is 5.16. The molecule has 1 rings (SSSR count). The van der Waals surface area contributed by atoms with Crippen molar-refractivity contribution >= 4 is 0 Å². The Hall–Kier alpha value is -0.120. The number of nitrogens with zero attached hydrogens (tertiary/aromatic N) is 1. The first-order valence-corrected chi connectivity index (χ1v) is 6.83. The number of nitrogens with two attached hydrogens (primary N) is 1. The fourth-order valence-electron chi connectivity index (χ4n) is 2.54. The molecule has 0 aliphatic heterocycles. The molecule has 0 heterocycles. The molecular weight excluding hydrogens is 200 g/mol. The Balaban J connectivity index is 2.12. The molecule has 0 spiro atoms. The molecule has 1 fully saturated rings. The van der Waals surface area contributed by atoms with Gasteiger partial charge in [0.25, 0.3) is 0 Å². The number of likely N-dealkylation sites (N-methyl/N-ethyl adjacent to an activating group) is 1. The molecule has 0 saturated heterocycles. The maximum Gasteiger partial charge on any atom is 0.0593 e. The largest absolute Gasteiger partial charge is 0.380 e. The van der Waals surface area contributed by atoms with Crippen LogP contribution in [0.15, 0.2) is 0 Å². The molecule has 96 valence electrons. The summed E-state index contributed by atoms with van der Waals surface area (Å²) in [6.45, 7) is 9.32. The first-order chi connectivity index (χ1) is 7.77. The monoisotopic (exact) mass is 228 g/mol. The average Bonchev–Trinajstić information content (AvgIpc) is 2.69. The van der Waals surface area contributed by atoms with Gasteiger partial charge in [0.15, 0.2) is 0 Å². The van der Waals surface area contributed by atoms with Gasteiger partial charge < -0.3 is 15.4 Å². The van der Waals surface area contributed by atoms with Crippen LogP contribution in [0.4, 0.5) is 0 Å². The zero-order chi connectivity index (χ0) is 11.8. The van der Waals surface area contributed by atoms with Gasteiger partial charge in [0.1, 0.15) is 0 Å². The molecule has 0 aromatic rings. The summed E-state index contributed by atoms with van der Waals surface area (Å²) in [7, 11) is 0. The van der Waals surface area contributed by atoms with Crippen LogP contribution in [-0.4, -0.2) is 43.8 Å². The quantitative estimate of drug-likeness (QED) is 0.645. The van der Waals surface area contributed by atoms with Crippen LogP contribution >= 0.6 is 0 Å². The zero-order valence-corrected chi connectivity index (χ0v) is 11.0. The lowest BCUT2D eigenvalue weighted by Crippen LogP contribution is -2.32. The van der Waals surface area contributed by atoms with Crippen LogP contribution in [0.3, 0.4) is 0 Å². The van der Waals surface area contributed by atoms with Gasteiger partial charge in [-0.05, 0) is 45.2 Å². The van der Waals surface area contributed by atoms with Crippen LogP contribution < -0.4 is 5.73 Å². The van der Waals surface area contributed by atoms with E-state index in [9.17, 15) is 0 Å². The van der Waals surface area contributed by atoms with E-state index in [0.29, 0.717) is 6.04 Å². The fraction of sp³-hybridized carbons (Fsp3) is 1.00. The molecule has 0 bridgehead atoms. The average molecular weight is 228 g/mol. The maximum atomic E-state index is 6.09. The highest BCUT2D eigenvalue weighted by Gasteiger charge is 2.23. The molecule has 2 atom stereocenters. The van der Waals surface area contributed by atoms with E-state index in [1.807, 2.05) is 6.92 Å². The summed E-state index contributed by atoms with van der Waals surface area (Å²) >= 11 is 0. The number of hydrogen-bond acceptors (Lipinski definition) is 3. The van der Waals surface area contributed by atoms with E-state index in [1.54, 1.807) is 0 Å². The van der Waals surface area contributed by atoms with Crippen LogP contribution in [0.25, 0.3) is 0 Å². The number of ether oxygens (including phenoxy) is 1. The van der Waals surface area contributed by atoms with Crippen molar-refractivity contribution in [1.29, 1.82) is 0 Å². The summed E-state index contributed by atoms with van der Waals surface area (Å²) in [5.41, 5.74) is 6.09. The minimum absolute atomic E-state index is 0.464. The lowest BCUT2D eigenvalue weighted by Gasteiger charge is -2.23. The van der Waals surface area contributed by atoms with Gasteiger partial charge in [-0.3, -0.25) is 0 Å². The highest BCUT2D eigenvalue weighted by Crippen LogP contribution is 2.26. The van der Waals surface area contributed by atoms with Gasteiger partial charge in [-0.2, -0.15) is 0 Å². The van der Waals surface area contributed by atoms with E-state index >= 15 is 0 Å². The Morgan fingerprint density at radius 2 is 2.06 bits per heavy atom. The Bertz CT molecular complexity index is 175. The van der Waals surface area contributed by atoms with E-state index in [0.717, 1.165) is 32.2 Å². The fourth-order valence-corrected chi connectivity index (χ4v) is 2.54. The molecule has 1 saturated carbocycles. The summed E-state index contributed by atoms with van der Waals surface area (Å²) in [5.74, 6) is 0.765. The first kappa shape index (κ1) is 13.9. The Morgan fingerprint density at radius 1 is 1.25 bits per heavy atom. The van der Waals surface area contributed by atoms with E-state index < -0.39 is 0 Å². The van der Waals surface area contributed by atoms with Gasteiger partial charge in [-0.15, -0.1) is 0 Å². The summed E-state index contributed by atoms with van der Waals surface area (Å²) in [6, 6.07) is 0.464. The third kappa shape index (κ3) is 4.81. The first-order valence-electron chi connectivity index (χ1n) is 6.83. The highest BCUT2D eigenvalue weighted by molar-refractivity contribution is 4.80. The predicted octanol–water partition coefficient (Wildman–Crippen LogP) is 1.86. The third-order valence-electron chi connectivity index (χ3n) is 3.74. The van der Waals surface area contributed by atoms with E-state index in [-0.39, 0.29) is 0 Å². The molecule has 3 heteroatoms. The van der Waals surface area contributed by atoms with Crippen molar-refractivity contribution < 1.29 is 4.74 Å². The second-order valence-electron chi connectivity index (χ2n) is 4.77. The van der Waals surface area contributed by atoms with Crippen molar-refractivity contribution in [1.82, 2.24) is 4.90 Å². The van der Waals surface area contributed by atoms with Gasteiger partial charge >= 0.3 is 0 Å². The molecule has 1 aliphatic carbocycles. The van der Waals surface area contributed by atoms with Gasteiger partial charge in [0, 0.05) is 19.2 Å². The van der Waals surface area contributed by atoms with Gasteiger partial charge in [0.2, 0.25) is 0 Å². The van der Waals surface area contributed by atoms with Crippen molar-refractivity contribution in [3.63, 3.8) is 0 Å². The second-order valence-corrected chi connectivity index (χ2v) is 4.77. The van der Waals surface area contributed by atoms with Crippen LogP contribution in [0.2, 0.25) is 0 Å². The van der Waals surface area contributed by atoms with Crippen LogP contribution in [0.5, 0.6) is 0 Å². The predicted molar refractivity (Wildman–Crippen MR) is 68.5 cm³/mol. The summed E-state index contributed by atoms with van der Waals surface area (Å²) in [4.78, 5) is 2.47. The van der Waals surface area contributed by atoms with E-state index in [2.05, 4.69) is 11.8 Å². The van der Waals surface area contributed by atoms with E-state index in [1.165, 1.54) is 32.2 Å². The standard InChI is InChI=1S/C13H28N2O/c1-3-15(10-11-16-4-2)9-8-12-6-5-7-13(12)14/h12-13H,3-11,14H2,1-2H3. The molecule has 3 nitrogen and oxygen atoms in total. The number of hydrogen-bond donors (Lipinski definition) is 1. The topological polar surface area (TPSA) is 38.5 Å². The second kappa shape index (κ2) is 8.04. The minimum atomic E-state index is 0.464. The molecule has 0 radical (unpaired) electrons. The Morgan fingerprint density at radius 3 is 2.62 bits per heavy atom. The van der Waals surface area contributed by atoms with Crippen molar-refractivity contribution in [2.24, 2.45) is 11.7 Å². The molecule has 16 heavy (non-hydrogen) atoms. The van der Waals surface area contributed by atoms with E-state index in [4.69, 9.17) is 10.5 Å². The van der Waals surface area contributed by atoms with Crippen LogP contribution in [-0.2, 0) is 4.74 Å². The molecule has 0 aromatic heterocycles. The summed E-state index contributed by atoms with van der Waals surface area (Å²) in [5, 5.41) is 0. The highest BCUT2D eigenvalue weighted by atomic mass is 16.5. The van der Waals surface area contributed by atoms with Gasteiger partial charge in [0.05, 0.1) is 6.61 Å². The number of rotatable bonds is 8. The molecular formula is C13H28N2O. The molecule has 2 N–H and O–H groups in total. The normalized spacial score (nSPS) is 25.5. The third-order valence-corrected chi connectivity index (χ3v) is 3.74. The Labute approximate surface area is 100 Å². The van der Waals surface area contributed by atoms with Crippen LogP contribution in [0.1, 0.15) is 39.5 Å². The smallest absolute Gasteiger partial charge is 0.0593 e. The van der Waals surface area contributed by atoms with Crippen molar-refractivity contribution in [3.05, 3.63) is 0 Å².